The molecule has 2 aromatic rings. The molecule has 2 rings (SSSR count). The maximum absolute atomic E-state index is 12.1. The van der Waals surface area contributed by atoms with E-state index in [2.05, 4.69) is 5.32 Å². The number of anilines is 2. The second-order valence-corrected chi connectivity index (χ2v) is 15.5. The van der Waals surface area contributed by atoms with Crippen molar-refractivity contribution in [3.8, 4) is 0 Å². The first-order valence-corrected chi connectivity index (χ1v) is 19.1. The van der Waals surface area contributed by atoms with Gasteiger partial charge < -0.3 is 37.2 Å². The van der Waals surface area contributed by atoms with Gasteiger partial charge in [0.25, 0.3) is 0 Å². The van der Waals surface area contributed by atoms with Gasteiger partial charge >= 0.3 is 11.9 Å². The van der Waals surface area contributed by atoms with Crippen LogP contribution in [-0.2, 0) is 42.0 Å². The summed E-state index contributed by atoms with van der Waals surface area (Å²) >= 11 is 0. The van der Waals surface area contributed by atoms with E-state index in [1.807, 2.05) is 55.4 Å². The van der Waals surface area contributed by atoms with Gasteiger partial charge in [-0.25, -0.2) is 0 Å². The number of nitrogens with one attached hydrogen (secondary N) is 1. The SMILES string of the molecule is CC(C)[C@H](C)C(=O)C[C@@H](C)C(=O)Nc1ccc(CO)cc1.CC(C)[C@H](C)C(=O)C[C@@H](C)C(=O)O.CC(C)[C@H](N)C(=O)C[C@@H](C)C(=O)O.Nc1ccc(CO)cc1. The van der Waals surface area contributed by atoms with Crippen molar-refractivity contribution >= 4 is 46.6 Å². The summed E-state index contributed by atoms with van der Waals surface area (Å²) in [5, 5.41) is 37.5. The lowest BCUT2D eigenvalue weighted by Crippen LogP contribution is -2.37. The van der Waals surface area contributed by atoms with Crippen molar-refractivity contribution in [3.05, 3.63) is 59.7 Å². The van der Waals surface area contributed by atoms with Crippen LogP contribution in [0.5, 0.6) is 0 Å². The van der Waals surface area contributed by atoms with Crippen LogP contribution in [0.2, 0.25) is 0 Å². The quantitative estimate of drug-likeness (QED) is 0.0814. The Kier molecular flexibility index (Phi) is 26.8. The number of carbonyl (C=O) groups excluding carboxylic acids is 4. The van der Waals surface area contributed by atoms with Gasteiger partial charge in [-0.05, 0) is 53.1 Å². The zero-order chi connectivity index (χ0) is 43.9. The van der Waals surface area contributed by atoms with Gasteiger partial charge in [-0.3, -0.25) is 28.8 Å². The van der Waals surface area contributed by atoms with Gasteiger partial charge in [-0.2, -0.15) is 0 Å². The predicted molar refractivity (Wildman–Crippen MR) is 220 cm³/mol. The second kappa shape index (κ2) is 28.0. The van der Waals surface area contributed by atoms with Crippen LogP contribution < -0.4 is 16.8 Å². The molecule has 0 spiro atoms. The Labute approximate surface area is 333 Å². The summed E-state index contributed by atoms with van der Waals surface area (Å²) in [7, 11) is 0. The second-order valence-electron chi connectivity index (χ2n) is 15.5. The van der Waals surface area contributed by atoms with Crippen molar-refractivity contribution in [2.24, 2.45) is 53.1 Å². The molecule has 0 unspecified atom stereocenters. The molecule has 0 bridgehead atoms. The third kappa shape index (κ3) is 22.8. The van der Waals surface area contributed by atoms with Crippen molar-refractivity contribution in [3.63, 3.8) is 0 Å². The standard InChI is InChI=1S/C17H25NO3.C10H18O3.C9H17NO3.C7H9NO/c1-11(2)13(4)16(20)9-12(3)17(21)18-15-7-5-14(10-19)6-8-15;1-6(2)8(4)9(11)5-7(3)10(12)13;1-5(2)8(10)7(11)4-6(3)9(12)13;8-7-3-1-6(5-9)2-4-7/h5-8,11-13,19H,9-10H2,1-4H3,(H,18,21);6-8H,5H2,1-4H3,(H,12,13);5-6,8H,4,10H2,1-3H3,(H,12,13);1-4,9H,5,8H2/t12-,13+;7-,8+;6-,8+;/m111./s1. The molecule has 0 saturated heterocycles. The van der Waals surface area contributed by atoms with Gasteiger partial charge in [0, 0.05) is 48.4 Å². The first-order chi connectivity index (χ1) is 25.9. The highest BCUT2D eigenvalue weighted by atomic mass is 16.4. The number of rotatable bonds is 18. The number of nitrogens with two attached hydrogens (primary N) is 2. The summed E-state index contributed by atoms with van der Waals surface area (Å²) in [6.07, 6.45) is 0.434. The Bertz CT molecular complexity index is 1450. The average Bonchev–Trinajstić information content (AvgIpc) is 3.14. The highest BCUT2D eigenvalue weighted by Gasteiger charge is 2.24. The number of benzene rings is 2. The number of Topliss-reactive ketones (excluding diaryl/α,β-unsaturated/α-hetero) is 3. The zero-order valence-corrected chi connectivity index (χ0v) is 35.2. The number of hydrogen-bond acceptors (Lipinski definition) is 10. The van der Waals surface area contributed by atoms with Gasteiger partial charge in [-0.1, -0.05) is 100 Å². The third-order valence-electron chi connectivity index (χ3n) is 9.48. The summed E-state index contributed by atoms with van der Waals surface area (Å²) in [4.78, 5) is 67.8. The predicted octanol–water partition coefficient (Wildman–Crippen LogP) is 6.37. The van der Waals surface area contributed by atoms with Crippen LogP contribution in [0.15, 0.2) is 48.5 Å². The fourth-order valence-corrected chi connectivity index (χ4v) is 4.38. The maximum atomic E-state index is 12.1. The number of aliphatic hydroxyl groups excluding tert-OH is 2. The van der Waals surface area contributed by atoms with Crippen molar-refractivity contribution in [1.29, 1.82) is 0 Å². The normalized spacial score (nSPS) is 13.9. The Morgan fingerprint density at radius 2 is 0.875 bits per heavy atom. The molecule has 316 valence electrons. The Morgan fingerprint density at radius 3 is 1.20 bits per heavy atom. The van der Waals surface area contributed by atoms with Gasteiger partial charge in [0.2, 0.25) is 5.91 Å². The molecule has 2 aromatic carbocycles. The molecule has 0 aliphatic carbocycles. The minimum Gasteiger partial charge on any atom is -0.481 e. The van der Waals surface area contributed by atoms with E-state index in [4.69, 9.17) is 31.9 Å². The fourth-order valence-electron chi connectivity index (χ4n) is 4.38. The molecular weight excluding hydrogens is 718 g/mol. The number of carboxylic acid groups (broad SMARTS) is 2. The van der Waals surface area contributed by atoms with Crippen LogP contribution in [0.25, 0.3) is 0 Å². The van der Waals surface area contributed by atoms with Gasteiger partial charge in [0.1, 0.15) is 11.6 Å². The Morgan fingerprint density at radius 1 is 0.536 bits per heavy atom. The smallest absolute Gasteiger partial charge is 0.306 e. The zero-order valence-electron chi connectivity index (χ0n) is 35.2. The molecule has 0 heterocycles. The summed E-state index contributed by atoms with van der Waals surface area (Å²) in [5.74, 6) is -2.99. The first kappa shape index (κ1) is 53.6. The van der Waals surface area contributed by atoms with E-state index in [1.54, 1.807) is 62.4 Å². The Balaban J connectivity index is 0. The molecule has 0 saturated carbocycles. The molecule has 56 heavy (non-hydrogen) atoms. The lowest BCUT2D eigenvalue weighted by atomic mass is 9.88. The Hall–Kier alpha value is -4.46. The van der Waals surface area contributed by atoms with E-state index in [0.29, 0.717) is 11.6 Å². The third-order valence-corrected chi connectivity index (χ3v) is 9.48. The molecule has 9 N–H and O–H groups in total. The van der Waals surface area contributed by atoms with E-state index in [-0.39, 0.29) is 85.3 Å². The number of ketones is 3. The summed E-state index contributed by atoms with van der Waals surface area (Å²) < 4.78 is 0. The molecule has 13 nitrogen and oxygen atoms in total. The van der Waals surface area contributed by atoms with E-state index in [1.165, 1.54) is 6.92 Å². The lowest BCUT2D eigenvalue weighted by molar-refractivity contribution is -0.143. The molecule has 0 aliphatic heterocycles. The number of aliphatic carboxylic acids is 2. The van der Waals surface area contributed by atoms with Crippen LogP contribution in [-0.4, -0.2) is 61.7 Å². The molecular formula is C43H69N3O10. The lowest BCUT2D eigenvalue weighted by Gasteiger charge is -2.17. The molecule has 0 aliphatic rings. The number of carbonyl (C=O) groups is 6. The van der Waals surface area contributed by atoms with Crippen molar-refractivity contribution < 1.29 is 49.2 Å². The molecule has 0 fully saturated rings. The summed E-state index contributed by atoms with van der Waals surface area (Å²) in [6, 6.07) is 13.6. The van der Waals surface area contributed by atoms with Gasteiger partial charge in [0.05, 0.1) is 31.1 Å². The van der Waals surface area contributed by atoms with Crippen molar-refractivity contribution in [2.45, 2.75) is 115 Å². The van der Waals surface area contributed by atoms with Crippen LogP contribution in [0.1, 0.15) is 107 Å². The maximum Gasteiger partial charge on any atom is 0.306 e. The monoisotopic (exact) mass is 787 g/mol. The first-order valence-electron chi connectivity index (χ1n) is 19.1. The molecule has 0 radical (unpaired) electrons. The van der Waals surface area contributed by atoms with Crippen molar-refractivity contribution in [2.75, 3.05) is 11.1 Å². The van der Waals surface area contributed by atoms with E-state index in [0.717, 1.165) is 16.8 Å². The minimum atomic E-state index is -0.954. The number of hydrogen-bond donors (Lipinski definition) is 7. The van der Waals surface area contributed by atoms with Crippen LogP contribution >= 0.6 is 0 Å². The molecule has 1 amide bonds. The van der Waals surface area contributed by atoms with E-state index < -0.39 is 29.8 Å². The number of amides is 1. The highest BCUT2D eigenvalue weighted by Crippen LogP contribution is 2.19. The van der Waals surface area contributed by atoms with Crippen molar-refractivity contribution in [1.82, 2.24) is 0 Å². The molecule has 6 atom stereocenters. The van der Waals surface area contributed by atoms with E-state index >= 15 is 0 Å². The van der Waals surface area contributed by atoms with Gasteiger partial charge in [-0.15, -0.1) is 0 Å². The summed E-state index contributed by atoms with van der Waals surface area (Å²) in [5.41, 5.74) is 14.1. The summed E-state index contributed by atoms with van der Waals surface area (Å²) in [6.45, 7) is 20.3. The van der Waals surface area contributed by atoms with E-state index in [9.17, 15) is 28.8 Å². The average molecular weight is 788 g/mol. The topological polar surface area (TPSA) is 247 Å². The largest absolute Gasteiger partial charge is 0.481 e. The number of aliphatic hydroxyl groups is 2. The van der Waals surface area contributed by atoms with Crippen LogP contribution in [0.3, 0.4) is 0 Å². The fraction of sp³-hybridized carbons (Fsp3) is 0.581. The van der Waals surface area contributed by atoms with Crippen LogP contribution in [0, 0.1) is 47.3 Å². The number of nitrogen functional groups attached to an aromatic ring is 1. The van der Waals surface area contributed by atoms with Crippen LogP contribution in [0.4, 0.5) is 11.4 Å². The number of carboxylic acids is 2. The van der Waals surface area contributed by atoms with Gasteiger partial charge in [0.15, 0.2) is 5.78 Å². The molecule has 0 aromatic heterocycles. The highest BCUT2D eigenvalue weighted by molar-refractivity contribution is 5.95. The molecule has 13 heteroatoms. The minimum absolute atomic E-state index is 0.0216.